The molecule has 4 aliphatic rings. The van der Waals surface area contributed by atoms with E-state index in [2.05, 4.69) is 36.3 Å². The molecule has 1 aromatic rings. The van der Waals surface area contributed by atoms with E-state index in [4.69, 9.17) is 0 Å². The molecule has 5 rings (SSSR count). The Hall–Kier alpha value is -2.97. The molecule has 0 radical (unpaired) electrons. The quantitative estimate of drug-likeness (QED) is 0.415. The van der Waals surface area contributed by atoms with Crippen LogP contribution in [0, 0.1) is 26.4 Å². The lowest BCUT2D eigenvalue weighted by atomic mass is 9.56. The minimum absolute atomic E-state index is 0.0224. The van der Waals surface area contributed by atoms with Crippen LogP contribution in [0.4, 0.5) is 16.2 Å². The number of non-ortho nitro benzene ring substituents is 1. The first kappa shape index (κ1) is 19.0. The SMILES string of the molecule is CC1(C)C[C@H]2C[C@@](C)(C1)[C@H]1N2c2ccc([N+](=O)[O-])cc2CC12C(=O)NC(=O)NC2=O. The van der Waals surface area contributed by atoms with Gasteiger partial charge in [-0.1, -0.05) is 20.8 Å². The molecule has 3 fully saturated rings. The van der Waals surface area contributed by atoms with Gasteiger partial charge in [0, 0.05) is 30.3 Å². The number of nitrogens with zero attached hydrogens (tertiary/aromatic N) is 2. The van der Waals surface area contributed by atoms with Crippen molar-refractivity contribution in [2.45, 2.75) is 58.5 Å². The monoisotopic (exact) mass is 412 g/mol. The van der Waals surface area contributed by atoms with Crippen LogP contribution in [0.15, 0.2) is 18.2 Å². The summed E-state index contributed by atoms with van der Waals surface area (Å²) in [5, 5.41) is 16.0. The molecular weight excluding hydrogens is 388 g/mol. The summed E-state index contributed by atoms with van der Waals surface area (Å²) in [6.45, 7) is 6.52. The van der Waals surface area contributed by atoms with Crippen LogP contribution in [-0.4, -0.2) is 34.9 Å². The first-order valence-electron chi connectivity index (χ1n) is 10.2. The maximum atomic E-state index is 13.3. The molecular formula is C21H24N4O5. The van der Waals surface area contributed by atoms with Crippen molar-refractivity contribution in [2.24, 2.45) is 16.2 Å². The van der Waals surface area contributed by atoms with Crippen LogP contribution in [0.5, 0.6) is 0 Å². The number of hydrogen-bond donors (Lipinski definition) is 2. The van der Waals surface area contributed by atoms with Crippen molar-refractivity contribution in [1.29, 1.82) is 0 Å². The molecule has 3 heterocycles. The predicted octanol–water partition coefficient (Wildman–Crippen LogP) is 2.28. The Morgan fingerprint density at radius 3 is 2.40 bits per heavy atom. The van der Waals surface area contributed by atoms with E-state index in [1.165, 1.54) is 12.1 Å². The van der Waals surface area contributed by atoms with Crippen molar-refractivity contribution in [3.05, 3.63) is 33.9 Å². The van der Waals surface area contributed by atoms with Gasteiger partial charge >= 0.3 is 6.03 Å². The van der Waals surface area contributed by atoms with Crippen LogP contribution in [-0.2, 0) is 16.0 Å². The summed E-state index contributed by atoms with van der Waals surface area (Å²) in [5.74, 6) is -1.23. The Morgan fingerprint density at radius 1 is 1.10 bits per heavy atom. The van der Waals surface area contributed by atoms with Crippen molar-refractivity contribution < 1.29 is 19.3 Å². The lowest BCUT2D eigenvalue weighted by Gasteiger charge is -2.52. The highest BCUT2D eigenvalue weighted by molar-refractivity contribution is 6.20. The number of carbonyl (C=O) groups excluding carboxylic acids is 3. The van der Waals surface area contributed by atoms with Crippen molar-refractivity contribution in [3.63, 3.8) is 0 Å². The van der Waals surface area contributed by atoms with Gasteiger partial charge in [-0.05, 0) is 41.7 Å². The molecule has 1 aliphatic carbocycles. The summed E-state index contributed by atoms with van der Waals surface area (Å²) in [4.78, 5) is 51.5. The number of urea groups is 1. The second kappa shape index (κ2) is 5.59. The maximum Gasteiger partial charge on any atom is 0.328 e. The van der Waals surface area contributed by atoms with E-state index in [1.807, 2.05) is 0 Å². The van der Waals surface area contributed by atoms with Gasteiger partial charge in [-0.25, -0.2) is 4.79 Å². The number of nitrogens with one attached hydrogen (secondary N) is 2. The number of amides is 4. The average Bonchev–Trinajstić information content (AvgIpc) is 2.85. The zero-order valence-corrected chi connectivity index (χ0v) is 17.2. The smallest absolute Gasteiger partial charge is 0.328 e. The van der Waals surface area contributed by atoms with Crippen LogP contribution in [0.25, 0.3) is 0 Å². The Labute approximate surface area is 173 Å². The molecule has 2 saturated heterocycles. The topological polar surface area (TPSA) is 122 Å². The third kappa shape index (κ3) is 2.31. The van der Waals surface area contributed by atoms with Gasteiger partial charge in [-0.3, -0.25) is 30.3 Å². The lowest BCUT2D eigenvalue weighted by Crippen LogP contribution is -2.72. The second-order valence-electron chi connectivity index (χ2n) is 10.3. The van der Waals surface area contributed by atoms with E-state index < -0.39 is 34.2 Å². The summed E-state index contributed by atoms with van der Waals surface area (Å²) in [7, 11) is 0. The zero-order valence-electron chi connectivity index (χ0n) is 17.2. The fraction of sp³-hybridized carbons (Fsp3) is 0.571. The Kier molecular flexibility index (Phi) is 3.54. The molecule has 1 saturated carbocycles. The largest absolute Gasteiger partial charge is 0.363 e. The third-order valence-corrected chi connectivity index (χ3v) is 7.46. The van der Waals surface area contributed by atoms with Gasteiger partial charge < -0.3 is 4.90 Å². The predicted molar refractivity (Wildman–Crippen MR) is 107 cm³/mol. The number of nitro groups is 1. The van der Waals surface area contributed by atoms with E-state index in [9.17, 15) is 24.5 Å². The molecule has 9 nitrogen and oxygen atoms in total. The third-order valence-electron chi connectivity index (χ3n) is 7.46. The van der Waals surface area contributed by atoms with Crippen LogP contribution in [0.2, 0.25) is 0 Å². The molecule has 4 amide bonds. The number of barbiturate groups is 1. The molecule has 3 aliphatic heterocycles. The fourth-order valence-corrected chi connectivity index (χ4v) is 7.05. The number of carbonyl (C=O) groups is 3. The van der Waals surface area contributed by atoms with Gasteiger partial charge in [0.25, 0.3) is 5.69 Å². The average molecular weight is 412 g/mol. The van der Waals surface area contributed by atoms with E-state index in [0.717, 1.165) is 24.9 Å². The molecule has 1 aromatic carbocycles. The second-order valence-corrected chi connectivity index (χ2v) is 10.3. The molecule has 1 spiro atoms. The van der Waals surface area contributed by atoms with Gasteiger partial charge in [0.15, 0.2) is 5.41 Å². The summed E-state index contributed by atoms with van der Waals surface area (Å²) in [5.41, 5.74) is -0.451. The summed E-state index contributed by atoms with van der Waals surface area (Å²) in [6.07, 6.45) is 2.59. The van der Waals surface area contributed by atoms with Crippen LogP contribution in [0.1, 0.15) is 45.6 Å². The number of rotatable bonds is 1. The van der Waals surface area contributed by atoms with Crippen molar-refractivity contribution in [3.8, 4) is 0 Å². The lowest BCUT2D eigenvalue weighted by molar-refractivity contribution is -0.384. The minimum Gasteiger partial charge on any atom is -0.363 e. The van der Waals surface area contributed by atoms with Gasteiger partial charge in [0.05, 0.1) is 11.0 Å². The molecule has 0 aromatic heterocycles. The van der Waals surface area contributed by atoms with Crippen molar-refractivity contribution in [2.75, 3.05) is 4.90 Å². The summed E-state index contributed by atoms with van der Waals surface area (Å²) < 4.78 is 0. The fourth-order valence-electron chi connectivity index (χ4n) is 7.05. The van der Waals surface area contributed by atoms with E-state index in [0.29, 0.717) is 5.56 Å². The zero-order chi connectivity index (χ0) is 21.6. The molecule has 3 atom stereocenters. The first-order valence-corrected chi connectivity index (χ1v) is 10.2. The van der Waals surface area contributed by atoms with E-state index >= 15 is 0 Å². The molecule has 158 valence electrons. The minimum atomic E-state index is -1.51. The standard InChI is InChI=1S/C21H24N4O5/c1-19(2)8-13-9-20(3,10-19)15-21(16(26)22-18(28)23-17(21)27)7-11-6-12(25(29)30)4-5-14(11)24(13)15/h4-6,13,15H,7-10H2,1-3H3,(H2,22,23,26,27,28)/t13-,15+,20-/m0/s1. The number of benzene rings is 1. The number of nitro benzene ring substituents is 1. The van der Waals surface area contributed by atoms with Crippen LogP contribution < -0.4 is 15.5 Å². The van der Waals surface area contributed by atoms with Crippen LogP contribution >= 0.6 is 0 Å². The van der Waals surface area contributed by atoms with Crippen LogP contribution in [0.3, 0.4) is 0 Å². The van der Waals surface area contributed by atoms with Gasteiger partial charge in [0.2, 0.25) is 11.8 Å². The number of hydrogen-bond acceptors (Lipinski definition) is 6. The molecule has 2 N–H and O–H groups in total. The molecule has 30 heavy (non-hydrogen) atoms. The number of anilines is 1. The maximum absolute atomic E-state index is 13.3. The van der Waals surface area contributed by atoms with E-state index in [1.54, 1.807) is 6.07 Å². The number of fused-ring (bicyclic) bond motifs is 8. The Morgan fingerprint density at radius 2 is 1.77 bits per heavy atom. The Balaban J connectivity index is 1.76. The highest BCUT2D eigenvalue weighted by Crippen LogP contribution is 2.63. The van der Waals surface area contributed by atoms with Gasteiger partial charge in [0.1, 0.15) is 0 Å². The summed E-state index contributed by atoms with van der Waals surface area (Å²) in [6, 6.07) is 3.54. The normalized spacial score (nSPS) is 32.9. The molecule has 0 unspecified atom stereocenters. The van der Waals surface area contributed by atoms with Crippen molar-refractivity contribution >= 4 is 29.2 Å². The summed E-state index contributed by atoms with van der Waals surface area (Å²) >= 11 is 0. The highest BCUT2D eigenvalue weighted by Gasteiger charge is 2.70. The molecule has 2 bridgehead atoms. The van der Waals surface area contributed by atoms with Gasteiger partial charge in [-0.2, -0.15) is 0 Å². The Bertz CT molecular complexity index is 1010. The highest BCUT2D eigenvalue weighted by atomic mass is 16.6. The van der Waals surface area contributed by atoms with E-state index in [-0.39, 0.29) is 29.0 Å². The van der Waals surface area contributed by atoms with Gasteiger partial charge in [-0.15, -0.1) is 0 Å². The molecule has 9 heteroatoms. The first-order chi connectivity index (χ1) is 14.0. The van der Waals surface area contributed by atoms with Crippen molar-refractivity contribution in [1.82, 2.24) is 10.6 Å². The number of imide groups is 2.